The summed E-state index contributed by atoms with van der Waals surface area (Å²) in [5, 5.41) is 20.3. The van der Waals surface area contributed by atoms with E-state index < -0.39 is 24.2 Å². The van der Waals surface area contributed by atoms with Crippen LogP contribution < -0.4 is 25.0 Å². The zero-order valence-corrected chi connectivity index (χ0v) is 19.1. The molecule has 0 spiro atoms. The molecule has 0 aromatic heterocycles. The zero-order valence-electron chi connectivity index (χ0n) is 19.1. The van der Waals surface area contributed by atoms with E-state index in [0.717, 1.165) is 0 Å². The van der Waals surface area contributed by atoms with E-state index in [1.54, 1.807) is 48.5 Å². The molecule has 0 bridgehead atoms. The minimum absolute atomic E-state index is 0.115. The molecule has 35 heavy (non-hydrogen) atoms. The molecular formula is C24H28N2O9. The van der Waals surface area contributed by atoms with E-state index in [-0.39, 0.29) is 20.0 Å². The number of ether oxygens (including phenoxy) is 5. The van der Waals surface area contributed by atoms with Crippen LogP contribution in [0.2, 0.25) is 0 Å². The first-order valence-corrected chi connectivity index (χ1v) is 10.9. The van der Waals surface area contributed by atoms with Gasteiger partial charge in [-0.25, -0.2) is 10.3 Å². The van der Waals surface area contributed by atoms with Gasteiger partial charge in [0.2, 0.25) is 6.79 Å². The third-order valence-electron chi connectivity index (χ3n) is 5.04. The molecule has 2 amide bonds. The Kier molecular flexibility index (Phi) is 9.72. The van der Waals surface area contributed by atoms with Gasteiger partial charge in [-0.1, -0.05) is 18.2 Å². The molecule has 0 saturated carbocycles. The third-order valence-corrected chi connectivity index (χ3v) is 5.04. The van der Waals surface area contributed by atoms with Crippen LogP contribution in [0.3, 0.4) is 0 Å². The summed E-state index contributed by atoms with van der Waals surface area (Å²) in [6.07, 6.45) is 1.46. The van der Waals surface area contributed by atoms with Crippen molar-refractivity contribution in [3.63, 3.8) is 0 Å². The van der Waals surface area contributed by atoms with Gasteiger partial charge in [0.1, 0.15) is 12.4 Å². The molecule has 0 unspecified atom stereocenters. The van der Waals surface area contributed by atoms with Crippen molar-refractivity contribution in [3.05, 3.63) is 60.2 Å². The van der Waals surface area contributed by atoms with Gasteiger partial charge in [-0.3, -0.25) is 15.3 Å². The summed E-state index contributed by atoms with van der Waals surface area (Å²) in [5.74, 6) is 0.949. The third kappa shape index (κ3) is 7.60. The Labute approximate surface area is 202 Å². The Morgan fingerprint density at radius 3 is 2.77 bits per heavy atom. The largest absolute Gasteiger partial charge is 0.491 e. The van der Waals surface area contributed by atoms with Crippen LogP contribution in [0.5, 0.6) is 17.2 Å². The number of carbonyl (C=O) groups is 2. The summed E-state index contributed by atoms with van der Waals surface area (Å²) in [7, 11) is 1.49. The summed E-state index contributed by atoms with van der Waals surface area (Å²) in [4.78, 5) is 24.0. The van der Waals surface area contributed by atoms with Crippen LogP contribution in [0.4, 0.5) is 10.5 Å². The Hall–Kier alpha value is -3.80. The number of hydrogen-bond donors (Lipinski definition) is 4. The van der Waals surface area contributed by atoms with Crippen molar-refractivity contribution in [2.45, 2.75) is 25.0 Å². The molecule has 1 heterocycles. The van der Waals surface area contributed by atoms with Gasteiger partial charge in [0.05, 0.1) is 12.7 Å². The number of allylic oxidation sites excluding steroid dienone is 1. The monoisotopic (exact) mass is 488 g/mol. The molecule has 3 rings (SSSR count). The number of anilines is 1. The zero-order chi connectivity index (χ0) is 25.0. The van der Waals surface area contributed by atoms with Crippen LogP contribution >= 0.6 is 0 Å². The molecule has 0 aliphatic carbocycles. The highest BCUT2D eigenvalue weighted by molar-refractivity contribution is 5.86. The molecule has 11 heteroatoms. The van der Waals surface area contributed by atoms with E-state index >= 15 is 0 Å². The number of amides is 2. The van der Waals surface area contributed by atoms with Crippen LogP contribution in [0.1, 0.15) is 24.5 Å². The lowest BCUT2D eigenvalue weighted by Gasteiger charge is -2.26. The molecule has 0 saturated heterocycles. The molecule has 4 N–H and O–H groups in total. The second kappa shape index (κ2) is 13.2. The van der Waals surface area contributed by atoms with E-state index in [2.05, 4.69) is 5.32 Å². The Morgan fingerprint density at radius 2 is 2.00 bits per heavy atom. The van der Waals surface area contributed by atoms with Crippen LogP contribution in [0, 0.1) is 0 Å². The summed E-state index contributed by atoms with van der Waals surface area (Å²) in [5.41, 5.74) is 2.60. The number of fused-ring (bicyclic) bond motifs is 1. The minimum atomic E-state index is -0.827. The fraction of sp³-hybridized carbons (Fsp3) is 0.333. The van der Waals surface area contributed by atoms with Gasteiger partial charge >= 0.3 is 6.09 Å². The van der Waals surface area contributed by atoms with Gasteiger partial charge in [-0.05, 0) is 42.7 Å². The lowest BCUT2D eigenvalue weighted by atomic mass is 10.00. The Balaban J connectivity index is 1.76. The topological polar surface area (TPSA) is 145 Å². The lowest BCUT2D eigenvalue weighted by molar-refractivity contribution is -0.124. The highest BCUT2D eigenvalue weighted by atomic mass is 16.7. The van der Waals surface area contributed by atoms with Crippen molar-refractivity contribution in [1.82, 2.24) is 5.48 Å². The molecule has 11 nitrogen and oxygen atoms in total. The van der Waals surface area contributed by atoms with Crippen LogP contribution in [-0.4, -0.2) is 55.5 Å². The minimum Gasteiger partial charge on any atom is -0.491 e. The second-order valence-corrected chi connectivity index (χ2v) is 7.39. The van der Waals surface area contributed by atoms with Gasteiger partial charge in [-0.15, -0.1) is 0 Å². The average molecular weight is 488 g/mol. The van der Waals surface area contributed by atoms with E-state index in [0.29, 0.717) is 41.3 Å². The first-order valence-electron chi connectivity index (χ1n) is 10.9. The molecule has 2 aromatic rings. The van der Waals surface area contributed by atoms with Crippen molar-refractivity contribution in [3.8, 4) is 17.2 Å². The number of methoxy groups -OCH3 is 1. The highest BCUT2D eigenvalue weighted by Gasteiger charge is 2.27. The second-order valence-electron chi connectivity index (χ2n) is 7.39. The molecule has 1 aliphatic heterocycles. The van der Waals surface area contributed by atoms with Gasteiger partial charge in [0, 0.05) is 24.9 Å². The van der Waals surface area contributed by atoms with Crippen molar-refractivity contribution in [2.24, 2.45) is 0 Å². The number of hydrogen-bond acceptors (Lipinski definition) is 9. The maximum atomic E-state index is 12.8. The molecule has 188 valence electrons. The summed E-state index contributed by atoms with van der Waals surface area (Å²) >= 11 is 0. The van der Waals surface area contributed by atoms with Gasteiger partial charge < -0.3 is 28.8 Å². The SMILES string of the molecule is CO[C@@H](CC/C=C/C(=O)NO)[C@@H](OC(=O)Nc1ccc2c(c1)OCO2)c1cccc(OCCO)c1. The number of aliphatic hydroxyl groups is 1. The Morgan fingerprint density at radius 1 is 1.17 bits per heavy atom. The lowest BCUT2D eigenvalue weighted by Crippen LogP contribution is -2.28. The number of aliphatic hydroxyl groups excluding tert-OH is 1. The van der Waals surface area contributed by atoms with Gasteiger partial charge in [0.25, 0.3) is 5.91 Å². The molecular weight excluding hydrogens is 460 g/mol. The van der Waals surface area contributed by atoms with E-state index in [1.807, 2.05) is 0 Å². The smallest absolute Gasteiger partial charge is 0.412 e. The standard InChI is InChI=1S/C24H28N2O9/c1-31-20(7-2-3-8-22(28)26-30)23(16-5-4-6-18(13-16)32-12-11-27)35-24(29)25-17-9-10-19-21(14-17)34-15-33-19/h3-6,8-10,13-14,20,23,27,30H,2,7,11-12,15H2,1H3,(H,25,29)(H,26,28)/b8-3+/t20-,23-/m0/s1. The van der Waals surface area contributed by atoms with Crippen LogP contribution in [0.15, 0.2) is 54.6 Å². The maximum absolute atomic E-state index is 12.8. The van der Waals surface area contributed by atoms with Crippen molar-refractivity contribution < 1.29 is 43.6 Å². The van der Waals surface area contributed by atoms with E-state index in [1.165, 1.54) is 18.7 Å². The maximum Gasteiger partial charge on any atom is 0.412 e. The summed E-state index contributed by atoms with van der Waals surface area (Å²) < 4.78 is 27.5. The van der Waals surface area contributed by atoms with Crippen molar-refractivity contribution >= 4 is 17.7 Å². The number of rotatable bonds is 12. The number of hydroxylamine groups is 1. The number of nitrogens with one attached hydrogen (secondary N) is 2. The molecule has 0 radical (unpaired) electrons. The van der Waals surface area contributed by atoms with E-state index in [4.69, 9.17) is 34.0 Å². The van der Waals surface area contributed by atoms with E-state index in [9.17, 15) is 9.59 Å². The van der Waals surface area contributed by atoms with Crippen molar-refractivity contribution in [2.75, 3.05) is 32.4 Å². The predicted molar refractivity (Wildman–Crippen MR) is 124 cm³/mol. The Bertz CT molecular complexity index is 1030. The molecule has 2 aromatic carbocycles. The normalized spacial score (nSPS) is 13.8. The van der Waals surface area contributed by atoms with Crippen molar-refractivity contribution in [1.29, 1.82) is 0 Å². The first kappa shape index (κ1) is 25.8. The fourth-order valence-electron chi connectivity index (χ4n) is 3.42. The van der Waals surface area contributed by atoms with Gasteiger partial charge in [-0.2, -0.15) is 0 Å². The molecule has 1 aliphatic rings. The predicted octanol–water partition coefficient (Wildman–Crippen LogP) is 2.93. The fourth-order valence-corrected chi connectivity index (χ4v) is 3.42. The number of benzene rings is 2. The highest BCUT2D eigenvalue weighted by Crippen LogP contribution is 2.35. The quantitative estimate of drug-likeness (QED) is 0.201. The van der Waals surface area contributed by atoms with Gasteiger partial charge in [0.15, 0.2) is 17.6 Å². The first-order chi connectivity index (χ1) is 17.0. The average Bonchev–Trinajstić information content (AvgIpc) is 3.34. The van der Waals surface area contributed by atoms with Crippen LogP contribution in [-0.2, 0) is 14.3 Å². The van der Waals surface area contributed by atoms with Crippen LogP contribution in [0.25, 0.3) is 0 Å². The summed E-state index contributed by atoms with van der Waals surface area (Å²) in [6, 6.07) is 11.9. The molecule has 0 fully saturated rings. The molecule has 2 atom stereocenters. The number of carbonyl (C=O) groups excluding carboxylic acids is 2. The summed E-state index contributed by atoms with van der Waals surface area (Å²) in [6.45, 7) is 0.0888.